The van der Waals surface area contributed by atoms with E-state index in [1.165, 1.54) is 18.2 Å². The molecule has 1 fully saturated rings. The molecule has 2 atom stereocenters. The predicted octanol–water partition coefficient (Wildman–Crippen LogP) is 5.85. The highest BCUT2D eigenvalue weighted by Crippen LogP contribution is 2.45. The molecule has 1 saturated carbocycles. The van der Waals surface area contributed by atoms with Crippen LogP contribution in [-0.2, 0) is 29.0 Å². The number of hydrogen-bond acceptors (Lipinski definition) is 3. The van der Waals surface area contributed by atoms with E-state index in [0.717, 1.165) is 42.9 Å². The maximum absolute atomic E-state index is 14.7. The smallest absolute Gasteiger partial charge is 0.416 e. The number of ether oxygens (including phenoxy) is 1. The van der Waals surface area contributed by atoms with Gasteiger partial charge in [0.2, 0.25) is 10.0 Å². The van der Waals surface area contributed by atoms with Gasteiger partial charge in [-0.05, 0) is 84.7 Å². The molecule has 0 spiro atoms. The second-order valence-electron chi connectivity index (χ2n) is 9.71. The molecule has 192 valence electrons. The minimum absolute atomic E-state index is 0.0176. The largest absolute Gasteiger partial charge is 0.489 e. The van der Waals surface area contributed by atoms with E-state index in [2.05, 4.69) is 11.6 Å². The Bertz CT molecular complexity index is 1150. The van der Waals surface area contributed by atoms with E-state index in [4.69, 9.17) is 4.74 Å². The van der Waals surface area contributed by atoms with Crippen LogP contribution < -0.4 is 9.46 Å². The Hall–Kier alpha value is -2.13. The number of nitrogens with one attached hydrogen (secondary N) is 1. The molecule has 9 heteroatoms. The van der Waals surface area contributed by atoms with Gasteiger partial charge in [0.1, 0.15) is 6.61 Å². The van der Waals surface area contributed by atoms with Gasteiger partial charge in [-0.15, -0.1) is 0 Å². The first kappa shape index (κ1) is 25.9. The fourth-order valence-corrected chi connectivity index (χ4v) is 6.48. The Morgan fingerprint density at radius 1 is 1.14 bits per heavy atom. The van der Waals surface area contributed by atoms with Gasteiger partial charge in [0.15, 0.2) is 11.6 Å². The number of rotatable bonds is 11. The van der Waals surface area contributed by atoms with Crippen LogP contribution in [0.4, 0.5) is 17.6 Å². The number of halogens is 4. The molecule has 1 N–H and O–H groups in total. The van der Waals surface area contributed by atoms with Crippen molar-refractivity contribution < 1.29 is 30.7 Å². The summed E-state index contributed by atoms with van der Waals surface area (Å²) < 4.78 is 86.4. The molecule has 4 nitrogen and oxygen atoms in total. The summed E-state index contributed by atoms with van der Waals surface area (Å²) in [4.78, 5) is 0. The molecule has 2 aromatic carbocycles. The van der Waals surface area contributed by atoms with Crippen molar-refractivity contribution in [2.45, 2.75) is 57.5 Å². The molecule has 0 heterocycles. The minimum Gasteiger partial charge on any atom is -0.489 e. The SMILES string of the molecule is CCCC1Cc2cc(F)c(OCCNS(=O)(=O)CC3CC3)cc2C1Cc1cccc(C(F)(F)F)c1. The van der Waals surface area contributed by atoms with Crippen LogP contribution in [0, 0.1) is 17.7 Å². The lowest BCUT2D eigenvalue weighted by molar-refractivity contribution is -0.137. The third kappa shape index (κ3) is 6.76. The average Bonchev–Trinajstić information content (AvgIpc) is 3.53. The molecule has 0 amide bonds. The van der Waals surface area contributed by atoms with Crippen LogP contribution in [0.5, 0.6) is 5.75 Å². The van der Waals surface area contributed by atoms with Crippen molar-refractivity contribution in [3.63, 3.8) is 0 Å². The Morgan fingerprint density at radius 3 is 2.60 bits per heavy atom. The van der Waals surface area contributed by atoms with Crippen molar-refractivity contribution in [3.05, 3.63) is 64.5 Å². The maximum atomic E-state index is 14.7. The maximum Gasteiger partial charge on any atom is 0.416 e. The zero-order valence-corrected chi connectivity index (χ0v) is 20.5. The summed E-state index contributed by atoms with van der Waals surface area (Å²) in [5.74, 6) is 0.0149. The third-order valence-corrected chi connectivity index (χ3v) is 8.40. The second kappa shape index (κ2) is 10.5. The Balaban J connectivity index is 1.48. The number of sulfonamides is 1. The van der Waals surface area contributed by atoms with Crippen LogP contribution in [0.2, 0.25) is 0 Å². The number of fused-ring (bicyclic) bond motifs is 1. The highest BCUT2D eigenvalue weighted by atomic mass is 32.2. The van der Waals surface area contributed by atoms with Crippen LogP contribution in [0.3, 0.4) is 0 Å². The van der Waals surface area contributed by atoms with E-state index in [0.29, 0.717) is 18.4 Å². The molecule has 2 aromatic rings. The van der Waals surface area contributed by atoms with Crippen molar-refractivity contribution in [1.29, 1.82) is 0 Å². The Morgan fingerprint density at radius 2 is 1.91 bits per heavy atom. The molecule has 0 aliphatic heterocycles. The van der Waals surface area contributed by atoms with Gasteiger partial charge in [-0.2, -0.15) is 13.2 Å². The molecular formula is C26H31F4NO3S. The Kier molecular flexibility index (Phi) is 7.76. The van der Waals surface area contributed by atoms with Gasteiger partial charge in [-0.25, -0.2) is 17.5 Å². The number of alkyl halides is 3. The van der Waals surface area contributed by atoms with Crippen LogP contribution in [-0.4, -0.2) is 27.3 Å². The summed E-state index contributed by atoms with van der Waals surface area (Å²) in [6.07, 6.45) is 0.357. The van der Waals surface area contributed by atoms with Gasteiger partial charge in [0.25, 0.3) is 0 Å². The highest BCUT2D eigenvalue weighted by molar-refractivity contribution is 7.89. The molecule has 0 radical (unpaired) electrons. The van der Waals surface area contributed by atoms with Crippen molar-refractivity contribution in [2.24, 2.45) is 11.8 Å². The first-order chi connectivity index (χ1) is 16.6. The van der Waals surface area contributed by atoms with Gasteiger partial charge in [0, 0.05) is 6.54 Å². The molecule has 2 unspecified atom stereocenters. The van der Waals surface area contributed by atoms with Crippen LogP contribution in [0.25, 0.3) is 0 Å². The lowest BCUT2D eigenvalue weighted by Gasteiger charge is -2.21. The summed E-state index contributed by atoms with van der Waals surface area (Å²) in [7, 11) is -3.37. The average molecular weight is 514 g/mol. The van der Waals surface area contributed by atoms with E-state index in [-0.39, 0.29) is 42.4 Å². The topological polar surface area (TPSA) is 55.4 Å². The van der Waals surface area contributed by atoms with E-state index < -0.39 is 27.6 Å². The number of benzene rings is 2. The highest BCUT2D eigenvalue weighted by Gasteiger charge is 2.35. The van der Waals surface area contributed by atoms with Gasteiger partial charge in [-0.1, -0.05) is 31.5 Å². The monoisotopic (exact) mass is 513 g/mol. The minimum atomic E-state index is -4.41. The van der Waals surface area contributed by atoms with Gasteiger partial charge < -0.3 is 4.74 Å². The molecular weight excluding hydrogens is 482 g/mol. The van der Waals surface area contributed by atoms with Gasteiger partial charge >= 0.3 is 6.18 Å². The molecule has 2 aliphatic rings. The van der Waals surface area contributed by atoms with Crippen molar-refractivity contribution in [3.8, 4) is 5.75 Å². The molecule has 0 saturated heterocycles. The quantitative estimate of drug-likeness (QED) is 0.303. The van der Waals surface area contributed by atoms with E-state index in [9.17, 15) is 26.0 Å². The fraction of sp³-hybridized carbons (Fsp3) is 0.538. The standard InChI is InChI=1S/C26H31F4NO3S/c1-2-4-19-13-20-14-24(27)25(34-10-9-31-35(32,33)16-17-7-8-17)15-23(20)22(19)12-18-5-3-6-21(11-18)26(28,29)30/h3,5-6,11,14-15,17,19,22,31H,2,4,7-10,12-13,16H2,1H3. The zero-order chi connectivity index (χ0) is 25.2. The summed E-state index contributed by atoms with van der Waals surface area (Å²) in [5.41, 5.74) is 1.67. The second-order valence-corrected chi connectivity index (χ2v) is 11.6. The first-order valence-corrected chi connectivity index (χ1v) is 13.8. The predicted molar refractivity (Wildman–Crippen MR) is 126 cm³/mol. The summed E-state index contributed by atoms with van der Waals surface area (Å²) in [6.45, 7) is 2.08. The van der Waals surface area contributed by atoms with Crippen molar-refractivity contribution in [1.82, 2.24) is 4.72 Å². The van der Waals surface area contributed by atoms with Crippen LogP contribution in [0.1, 0.15) is 60.8 Å². The fourth-order valence-electron chi connectivity index (χ4n) is 5.01. The molecule has 35 heavy (non-hydrogen) atoms. The van der Waals surface area contributed by atoms with E-state index in [1.54, 1.807) is 12.1 Å². The zero-order valence-electron chi connectivity index (χ0n) is 19.7. The number of hydrogen-bond donors (Lipinski definition) is 1. The lowest BCUT2D eigenvalue weighted by atomic mass is 9.84. The van der Waals surface area contributed by atoms with Gasteiger partial charge in [0.05, 0.1) is 11.3 Å². The molecule has 2 aliphatic carbocycles. The Labute approximate surface area is 204 Å². The van der Waals surface area contributed by atoms with Gasteiger partial charge in [-0.3, -0.25) is 0 Å². The molecule has 0 bridgehead atoms. The van der Waals surface area contributed by atoms with Crippen molar-refractivity contribution in [2.75, 3.05) is 18.9 Å². The van der Waals surface area contributed by atoms with E-state index >= 15 is 0 Å². The molecule has 0 aromatic heterocycles. The summed E-state index contributed by atoms with van der Waals surface area (Å²) >= 11 is 0. The first-order valence-electron chi connectivity index (χ1n) is 12.1. The van der Waals surface area contributed by atoms with Crippen molar-refractivity contribution >= 4 is 10.0 Å². The third-order valence-electron chi connectivity index (χ3n) is 6.85. The normalized spacial score (nSPS) is 20.1. The lowest BCUT2D eigenvalue weighted by Crippen LogP contribution is -2.31. The molecule has 4 rings (SSSR count). The summed E-state index contributed by atoms with van der Waals surface area (Å²) in [6, 6.07) is 8.48. The summed E-state index contributed by atoms with van der Waals surface area (Å²) in [5, 5.41) is 0. The van der Waals surface area contributed by atoms with Crippen LogP contribution >= 0.6 is 0 Å². The van der Waals surface area contributed by atoms with Crippen LogP contribution in [0.15, 0.2) is 36.4 Å². The van der Waals surface area contributed by atoms with E-state index in [1.807, 2.05) is 0 Å².